The van der Waals surface area contributed by atoms with Crippen LogP contribution in [0.5, 0.6) is 0 Å². The maximum atomic E-state index is 5.52. The molecule has 0 saturated heterocycles. The lowest BCUT2D eigenvalue weighted by molar-refractivity contribution is 0.352. The van der Waals surface area contributed by atoms with Crippen LogP contribution in [0.4, 0.5) is 0 Å². The highest BCUT2D eigenvalue weighted by Crippen LogP contribution is 2.38. The van der Waals surface area contributed by atoms with Crippen molar-refractivity contribution in [1.29, 1.82) is 0 Å². The van der Waals surface area contributed by atoms with Crippen LogP contribution in [0.2, 0.25) is 0 Å². The summed E-state index contributed by atoms with van der Waals surface area (Å²) in [7, 11) is -0.458. The Kier molecular flexibility index (Phi) is 5.10. The van der Waals surface area contributed by atoms with E-state index < -0.39 is 9.76 Å². The summed E-state index contributed by atoms with van der Waals surface area (Å²) >= 11 is 0. The largest absolute Gasteiger partial charge is 0.419 e. The van der Waals surface area contributed by atoms with Gasteiger partial charge in [-0.15, -0.1) is 0 Å². The molecule has 0 radical (unpaired) electrons. The minimum atomic E-state index is -0.458. The fraction of sp³-hybridized carbons (Fsp3) is 0.833. The van der Waals surface area contributed by atoms with Crippen LogP contribution in [0, 0.1) is 10.8 Å². The van der Waals surface area contributed by atoms with Crippen molar-refractivity contribution in [1.82, 2.24) is 0 Å². The predicted molar refractivity (Wildman–Crippen MR) is 67.2 cm³/mol. The molecule has 0 fully saturated rings. The molecule has 1 nitrogen and oxygen atoms in total. The molecule has 0 aliphatic rings. The van der Waals surface area contributed by atoms with Crippen molar-refractivity contribution in [2.45, 2.75) is 48.5 Å². The highest BCUT2D eigenvalue weighted by Gasteiger charge is 2.27. The number of hydrogen-bond acceptors (Lipinski definition) is 1. The monoisotopic (exact) mass is 214 g/mol. The van der Waals surface area contributed by atoms with Gasteiger partial charge in [0.2, 0.25) is 0 Å². The van der Waals surface area contributed by atoms with Gasteiger partial charge in [-0.1, -0.05) is 52.8 Å². The molecule has 0 bridgehead atoms. The maximum absolute atomic E-state index is 5.52. The summed E-state index contributed by atoms with van der Waals surface area (Å²) in [6, 6.07) is 0. The Morgan fingerprint density at radius 2 is 1.50 bits per heavy atom. The Labute approximate surface area is 91.9 Å². The topological polar surface area (TPSA) is 9.23 Å². The van der Waals surface area contributed by atoms with Gasteiger partial charge >= 0.3 is 0 Å². The van der Waals surface area contributed by atoms with Crippen LogP contribution < -0.4 is 0 Å². The van der Waals surface area contributed by atoms with Crippen LogP contribution in [0.15, 0.2) is 11.3 Å². The van der Waals surface area contributed by atoms with Crippen molar-refractivity contribution in [3.63, 3.8) is 0 Å². The third kappa shape index (κ3) is 4.96. The third-order valence-electron chi connectivity index (χ3n) is 2.23. The van der Waals surface area contributed by atoms with Gasteiger partial charge in [0, 0.05) is 6.61 Å². The first-order valence-electron chi connectivity index (χ1n) is 5.48. The Morgan fingerprint density at radius 3 is 1.79 bits per heavy atom. The van der Waals surface area contributed by atoms with Gasteiger partial charge in [-0.3, -0.25) is 0 Å². The van der Waals surface area contributed by atoms with Crippen molar-refractivity contribution in [2.75, 3.05) is 6.61 Å². The van der Waals surface area contributed by atoms with E-state index >= 15 is 0 Å². The zero-order valence-corrected chi connectivity index (χ0v) is 12.3. The van der Waals surface area contributed by atoms with Gasteiger partial charge in [-0.2, -0.15) is 0 Å². The van der Waals surface area contributed by atoms with Crippen molar-refractivity contribution in [3.05, 3.63) is 11.3 Å². The van der Waals surface area contributed by atoms with Gasteiger partial charge in [0.1, 0.15) is 0 Å². The second-order valence-electron chi connectivity index (χ2n) is 5.78. The molecule has 14 heavy (non-hydrogen) atoms. The minimum Gasteiger partial charge on any atom is -0.419 e. The van der Waals surface area contributed by atoms with Gasteiger partial charge in [-0.25, -0.2) is 0 Å². The molecule has 84 valence electrons. The SMILES string of the molecule is CCO[SiH2]C=C(C(C)(C)C)C(C)(C)C. The van der Waals surface area contributed by atoms with E-state index in [9.17, 15) is 0 Å². The van der Waals surface area contributed by atoms with Crippen molar-refractivity contribution in [2.24, 2.45) is 10.8 Å². The highest BCUT2D eigenvalue weighted by atomic mass is 28.2. The molecule has 0 aliphatic carbocycles. The predicted octanol–water partition coefficient (Wildman–Crippen LogP) is 3.08. The average molecular weight is 214 g/mol. The molecular weight excluding hydrogens is 188 g/mol. The summed E-state index contributed by atoms with van der Waals surface area (Å²) in [6.45, 7) is 16.6. The molecule has 0 unspecified atom stereocenters. The molecule has 0 aromatic carbocycles. The number of rotatable bonds is 3. The smallest absolute Gasteiger partial charge is 0.185 e. The molecule has 0 amide bonds. The van der Waals surface area contributed by atoms with E-state index in [1.807, 2.05) is 0 Å². The van der Waals surface area contributed by atoms with E-state index in [0.717, 1.165) is 6.61 Å². The molecule has 0 aromatic heterocycles. The van der Waals surface area contributed by atoms with Crippen LogP contribution >= 0.6 is 0 Å². The van der Waals surface area contributed by atoms with Crippen molar-refractivity contribution >= 4 is 9.76 Å². The molecule has 0 spiro atoms. The molecule has 2 heteroatoms. The summed E-state index contributed by atoms with van der Waals surface area (Å²) in [5.41, 5.74) is 4.44. The van der Waals surface area contributed by atoms with E-state index in [0.29, 0.717) is 0 Å². The lowest BCUT2D eigenvalue weighted by Crippen LogP contribution is -2.23. The molecule has 0 N–H and O–H groups in total. The zero-order valence-electron chi connectivity index (χ0n) is 10.9. The van der Waals surface area contributed by atoms with E-state index in [1.165, 1.54) is 5.57 Å². The van der Waals surface area contributed by atoms with Crippen molar-refractivity contribution in [3.8, 4) is 0 Å². The van der Waals surface area contributed by atoms with Gasteiger partial charge in [0.15, 0.2) is 9.76 Å². The molecule has 0 atom stereocenters. The van der Waals surface area contributed by atoms with E-state index in [1.54, 1.807) is 0 Å². The quantitative estimate of drug-likeness (QED) is 0.518. The summed E-state index contributed by atoms with van der Waals surface area (Å²) in [5.74, 6) is 0. The molecule has 0 saturated carbocycles. The Bertz CT molecular complexity index is 177. The van der Waals surface area contributed by atoms with E-state index in [4.69, 9.17) is 4.43 Å². The van der Waals surface area contributed by atoms with Gasteiger partial charge in [-0.05, 0) is 17.8 Å². The molecule has 0 aliphatic heterocycles. The standard InChI is InChI=1S/C12H26OSi/c1-8-13-14-9-10(11(2,3)4)12(5,6)7/h9H,8,14H2,1-7H3. The van der Waals surface area contributed by atoms with Crippen LogP contribution in [-0.2, 0) is 4.43 Å². The first-order chi connectivity index (χ1) is 6.19. The van der Waals surface area contributed by atoms with Crippen LogP contribution in [0.3, 0.4) is 0 Å². The van der Waals surface area contributed by atoms with E-state index in [-0.39, 0.29) is 10.8 Å². The lowest BCUT2D eigenvalue weighted by atomic mass is 9.73. The second-order valence-corrected chi connectivity index (χ2v) is 6.93. The van der Waals surface area contributed by atoms with Crippen LogP contribution in [0.1, 0.15) is 48.5 Å². The third-order valence-corrected chi connectivity index (χ3v) is 3.44. The van der Waals surface area contributed by atoms with Crippen LogP contribution in [-0.4, -0.2) is 16.4 Å². The summed E-state index contributed by atoms with van der Waals surface area (Å²) < 4.78 is 5.52. The molecule has 0 heterocycles. The lowest BCUT2D eigenvalue weighted by Gasteiger charge is -2.34. The van der Waals surface area contributed by atoms with Crippen LogP contribution in [0.25, 0.3) is 0 Å². The minimum absolute atomic E-state index is 0.266. The second kappa shape index (κ2) is 5.13. The Hall–Kier alpha value is -0.0831. The zero-order chi connectivity index (χ0) is 11.4. The fourth-order valence-corrected chi connectivity index (χ4v) is 3.74. The Morgan fingerprint density at radius 1 is 1.07 bits per heavy atom. The summed E-state index contributed by atoms with van der Waals surface area (Å²) in [6.07, 6.45) is 0. The highest BCUT2D eigenvalue weighted by molar-refractivity contribution is 6.34. The Balaban J connectivity index is 4.66. The number of hydrogen-bond donors (Lipinski definition) is 0. The van der Waals surface area contributed by atoms with Crippen molar-refractivity contribution < 1.29 is 4.43 Å². The van der Waals surface area contributed by atoms with Gasteiger partial charge in [0.25, 0.3) is 0 Å². The first kappa shape index (κ1) is 13.9. The average Bonchev–Trinajstić information content (AvgIpc) is 1.92. The summed E-state index contributed by atoms with van der Waals surface area (Å²) in [5, 5.41) is 0. The normalized spacial score (nSPS) is 13.6. The summed E-state index contributed by atoms with van der Waals surface area (Å²) in [4.78, 5) is 0. The fourth-order valence-electron chi connectivity index (χ4n) is 2.00. The maximum Gasteiger partial charge on any atom is 0.185 e. The number of allylic oxidation sites excluding steroid dienone is 1. The van der Waals surface area contributed by atoms with E-state index in [2.05, 4.69) is 54.2 Å². The molecule has 0 rings (SSSR count). The first-order valence-corrected chi connectivity index (χ1v) is 6.88. The molecule has 0 aromatic rings. The van der Waals surface area contributed by atoms with Gasteiger partial charge in [0.05, 0.1) is 0 Å². The molecular formula is C12H26OSi. The van der Waals surface area contributed by atoms with Gasteiger partial charge < -0.3 is 4.43 Å².